The normalized spacial score (nSPS) is 15.4. The molecular weight excluding hydrogens is 1120 g/mol. The summed E-state index contributed by atoms with van der Waals surface area (Å²) < 4.78 is 34.4. The smallest absolute Gasteiger partial charge is 0.345 e. The van der Waals surface area contributed by atoms with Gasteiger partial charge in [-0.1, -0.05) is 294 Å². The van der Waals surface area contributed by atoms with Gasteiger partial charge >= 0.3 is 6.61 Å². The van der Waals surface area contributed by atoms with E-state index in [4.69, 9.17) is 9.84 Å². The lowest BCUT2D eigenvalue weighted by Gasteiger charge is -2.37. The number of alkyl halides is 2. The lowest BCUT2D eigenvalue weighted by atomic mass is 9.69. The van der Waals surface area contributed by atoms with Gasteiger partial charge in [0.25, 0.3) is 0 Å². The monoisotopic (exact) mass is 1300 g/mol. The molecule has 2 N–H and O–H groups in total. The minimum absolute atomic E-state index is 0.0263. The minimum atomic E-state index is -2.66. The van der Waals surface area contributed by atoms with E-state index in [2.05, 4.69) is 254 Å². The Morgan fingerprint density at radius 3 is 0.780 bits per heavy atom. The fourth-order valence-electron chi connectivity index (χ4n) is 18.4. The molecule has 0 saturated heterocycles. The second-order valence-electron chi connectivity index (χ2n) is 37.4. The van der Waals surface area contributed by atoms with E-state index in [1.54, 1.807) is 6.92 Å². The molecule has 0 bridgehead atoms. The molecule has 0 aromatic rings. The topological polar surface area (TPSA) is 58.9 Å². The van der Waals surface area contributed by atoms with Crippen molar-refractivity contribution in [2.45, 2.75) is 386 Å². The first kappa shape index (κ1) is 102. The van der Waals surface area contributed by atoms with Crippen LogP contribution in [0.3, 0.4) is 0 Å². The van der Waals surface area contributed by atoms with Crippen LogP contribution in [0.15, 0.2) is 0 Å². The zero-order valence-corrected chi connectivity index (χ0v) is 70.8. The summed E-state index contributed by atoms with van der Waals surface area (Å²) in [7, 11) is 0. The third-order valence-electron chi connectivity index (χ3n) is 20.4. The summed E-state index contributed by atoms with van der Waals surface area (Å²) in [5, 5.41) is 18.7. The highest BCUT2D eigenvalue weighted by Crippen LogP contribution is 2.44. The molecule has 0 radical (unpaired) electrons. The molecule has 558 valence electrons. The molecule has 6 heteroatoms. The Morgan fingerprint density at radius 1 is 0.363 bits per heavy atom. The molecule has 0 amide bonds. The molecule has 2 unspecified atom stereocenters. The summed E-state index contributed by atoms with van der Waals surface area (Å²) in [5.41, 5.74) is -0.105. The van der Waals surface area contributed by atoms with Crippen LogP contribution in [0.25, 0.3) is 0 Å². The molecule has 4 nitrogen and oxygen atoms in total. The van der Waals surface area contributed by atoms with Gasteiger partial charge in [0.15, 0.2) is 0 Å². The van der Waals surface area contributed by atoms with E-state index in [9.17, 15) is 13.9 Å². The Morgan fingerprint density at radius 2 is 0.648 bits per heavy atom. The molecule has 2 aliphatic rings. The number of halogens is 2. The van der Waals surface area contributed by atoms with E-state index < -0.39 is 12.2 Å². The van der Waals surface area contributed by atoms with E-state index in [0.29, 0.717) is 83.2 Å². The van der Waals surface area contributed by atoms with Gasteiger partial charge in [-0.3, -0.25) is 0 Å². The molecule has 2 fully saturated rings. The van der Waals surface area contributed by atoms with Crippen LogP contribution in [0.1, 0.15) is 356 Å². The summed E-state index contributed by atoms with van der Waals surface area (Å²) >= 11 is 0. The molecule has 91 heavy (non-hydrogen) atoms. The van der Waals surface area contributed by atoms with Crippen LogP contribution in [0.5, 0.6) is 0 Å². The Labute approximate surface area is 577 Å². The van der Waals surface area contributed by atoms with E-state index >= 15 is 0 Å². The predicted molar refractivity (Wildman–Crippen MR) is 409 cm³/mol. The highest BCUT2D eigenvalue weighted by molar-refractivity contribution is 4.85. The van der Waals surface area contributed by atoms with Gasteiger partial charge in [0.1, 0.15) is 0 Å². The number of ether oxygens (including phenoxy) is 2. The summed E-state index contributed by atoms with van der Waals surface area (Å²) in [6.45, 7) is 93.4. The van der Waals surface area contributed by atoms with Gasteiger partial charge in [-0.05, 0) is 221 Å². The number of rotatable bonds is 27. The summed E-state index contributed by atoms with van der Waals surface area (Å²) in [5.74, 6) is 18.9. The Kier molecular flexibility index (Phi) is 57.9. The molecule has 0 aromatic heterocycles. The van der Waals surface area contributed by atoms with E-state index in [1.807, 2.05) is 41.5 Å². The maximum atomic E-state index is 12.0. The number of aliphatic hydroxyl groups excluding tert-OH is 1. The second kappa shape index (κ2) is 51.8. The highest BCUT2D eigenvalue weighted by Gasteiger charge is 2.36. The van der Waals surface area contributed by atoms with Crippen molar-refractivity contribution in [3.63, 3.8) is 0 Å². The van der Waals surface area contributed by atoms with Gasteiger partial charge in [-0.25, -0.2) is 0 Å². The quantitative estimate of drug-likeness (QED) is 0.0861. The Hall–Kier alpha value is -0.300. The van der Waals surface area contributed by atoms with E-state index in [0.717, 1.165) is 82.9 Å². The van der Waals surface area contributed by atoms with Crippen LogP contribution in [0.4, 0.5) is 8.78 Å². The van der Waals surface area contributed by atoms with Crippen molar-refractivity contribution in [2.75, 3.05) is 6.61 Å². The zero-order chi connectivity index (χ0) is 73.7. The van der Waals surface area contributed by atoms with E-state index in [-0.39, 0.29) is 17.6 Å². The van der Waals surface area contributed by atoms with Crippen molar-refractivity contribution in [1.82, 2.24) is 0 Å². The highest BCUT2D eigenvalue weighted by atomic mass is 19.3. The average Bonchev–Trinajstić information content (AvgIpc) is 4.14. The van der Waals surface area contributed by atoms with Crippen LogP contribution in [0.2, 0.25) is 0 Å². The fourth-order valence-corrected chi connectivity index (χ4v) is 18.4. The van der Waals surface area contributed by atoms with Crippen molar-refractivity contribution >= 4 is 0 Å². The molecule has 2 aliphatic carbocycles. The maximum Gasteiger partial charge on any atom is 0.345 e. The van der Waals surface area contributed by atoms with Gasteiger partial charge in [-0.15, -0.1) is 0 Å². The van der Waals surface area contributed by atoms with Gasteiger partial charge in [0.05, 0.1) is 23.4 Å². The van der Waals surface area contributed by atoms with Crippen LogP contribution < -0.4 is 0 Å². The molecule has 0 aliphatic heterocycles. The third kappa shape index (κ3) is 50.7. The molecule has 0 heterocycles. The molecule has 0 spiro atoms. The van der Waals surface area contributed by atoms with Crippen LogP contribution in [-0.4, -0.2) is 46.8 Å². The third-order valence-corrected chi connectivity index (χ3v) is 20.4. The lowest BCUT2D eigenvalue weighted by Crippen LogP contribution is -2.37. The molecule has 2 rings (SSSR count). The summed E-state index contributed by atoms with van der Waals surface area (Å²) in [6.07, 6.45) is 13.2. The number of hydrogen-bond donors (Lipinski definition) is 2. The first-order valence-corrected chi connectivity index (χ1v) is 38.9. The van der Waals surface area contributed by atoms with E-state index in [1.165, 1.54) is 57.8 Å². The lowest BCUT2D eigenvalue weighted by molar-refractivity contribution is -0.179. The molecular formula is C85H180F2O4. The fraction of sp³-hybridized carbons (Fsp3) is 1.00. The number of aliphatic hydroxyl groups is 2. The first-order valence-electron chi connectivity index (χ1n) is 38.9. The SMILES string of the molecule is CC(C)C(C(C)C)C(C)(C)C.CC(C)C(C(C)C)C(C)(C)O.CC(C)C(C(C)C)C(C)OC(C)(C)C.CC(C)C(C(C)C)C(C)OC(F)F.CC(C)C(C(C)C)C1CC1.CC(C)C(C(C)C)C1CCCCC1.CC(C)C(CO)C(C)C.CCCC(C(C)C)C(C)C. The van der Waals surface area contributed by atoms with Crippen molar-refractivity contribution in [3.8, 4) is 0 Å². The van der Waals surface area contributed by atoms with Crippen molar-refractivity contribution in [3.05, 3.63) is 0 Å². The summed E-state index contributed by atoms with van der Waals surface area (Å²) in [4.78, 5) is 0. The summed E-state index contributed by atoms with van der Waals surface area (Å²) in [6, 6.07) is 0. The van der Waals surface area contributed by atoms with Gasteiger partial charge in [0, 0.05) is 6.61 Å². The number of hydrogen-bond acceptors (Lipinski definition) is 4. The Bertz CT molecular complexity index is 1480. The molecule has 2 saturated carbocycles. The van der Waals surface area contributed by atoms with Crippen molar-refractivity contribution in [1.29, 1.82) is 0 Å². The average molecular weight is 1300 g/mol. The van der Waals surface area contributed by atoms with Crippen LogP contribution in [-0.2, 0) is 9.47 Å². The van der Waals surface area contributed by atoms with Gasteiger partial charge in [-0.2, -0.15) is 8.78 Å². The standard InChI is InChI=1S/C13H28O.C13H26.C11H24.C10H20F2O.C10H22O.C10H20.C10H22.C8H18O/c1-9(2)12(10(3)4)11(5)14-13(6,7)8;1-10(2)13(11(3)4)12-8-6-5-7-9-12;1-8(2)10(9(3)4)11(5,6)7;1-6(2)9(7(3)4)8(5)13-10(11)12;1-7(2)9(8(3)4)10(5,6)11;1-7(2)10(8(3)4)9-5-6-9;1-6-7-10(8(2)3)9(4)5;1-6(2)8(5-9)7(3)4/h9-12H,1-8H3;10-13H,5-9H2,1-4H3;8-10H,1-7H3;6-10H,1-5H3;7-9,11H,1-6H3;7-10H,5-6H2,1-4H3;8-10H,6-7H2,1-5H3;6-9H,5H2,1-4H3. The van der Waals surface area contributed by atoms with Crippen molar-refractivity contribution < 1.29 is 28.5 Å². The van der Waals surface area contributed by atoms with Crippen molar-refractivity contribution in [2.24, 2.45) is 159 Å². The largest absolute Gasteiger partial charge is 0.396 e. The zero-order valence-electron chi connectivity index (χ0n) is 70.8. The van der Waals surface area contributed by atoms with Gasteiger partial charge in [0.2, 0.25) is 0 Å². The molecule has 0 aromatic carbocycles. The maximum absolute atomic E-state index is 12.0. The van der Waals surface area contributed by atoms with Crippen LogP contribution >= 0.6 is 0 Å². The Balaban J connectivity index is -0.000000228. The molecule has 2 atom stereocenters. The minimum Gasteiger partial charge on any atom is -0.396 e. The van der Waals surface area contributed by atoms with Crippen LogP contribution in [0, 0.1) is 159 Å². The van der Waals surface area contributed by atoms with Gasteiger partial charge < -0.3 is 19.7 Å². The predicted octanol–water partition coefficient (Wildman–Crippen LogP) is 27.7. The first-order chi connectivity index (χ1) is 41.0. The second-order valence-corrected chi connectivity index (χ2v) is 37.4.